The lowest BCUT2D eigenvalue weighted by Crippen LogP contribution is -2.41. The predicted octanol–water partition coefficient (Wildman–Crippen LogP) is 3.39. The van der Waals surface area contributed by atoms with Gasteiger partial charge in [-0.2, -0.15) is 0 Å². The molecule has 0 aromatic heterocycles. The van der Waals surface area contributed by atoms with Gasteiger partial charge in [-0.25, -0.2) is 9.59 Å². The van der Waals surface area contributed by atoms with Crippen LogP contribution in [0.3, 0.4) is 0 Å². The standard InChI is InChI=1S/C23H31NO7/c1-14-6-8-16-17(21(25)29-5)13-30-22(20(14)16)31-23(26)24(2)11-10-15-7-9-18(27-3)19(12-15)28-4/h7,9,12-14,16,20,22H,6,8,10-11H2,1-5H3. The van der Waals surface area contributed by atoms with Crippen LogP contribution >= 0.6 is 0 Å². The minimum Gasteiger partial charge on any atom is -0.493 e. The first-order chi connectivity index (χ1) is 14.9. The molecule has 1 saturated carbocycles. The average molecular weight is 434 g/mol. The third kappa shape index (κ3) is 4.89. The molecule has 0 radical (unpaired) electrons. The first-order valence-corrected chi connectivity index (χ1v) is 10.5. The van der Waals surface area contributed by atoms with Gasteiger partial charge in [-0.15, -0.1) is 0 Å². The summed E-state index contributed by atoms with van der Waals surface area (Å²) >= 11 is 0. The van der Waals surface area contributed by atoms with Crippen LogP contribution < -0.4 is 9.47 Å². The molecule has 8 nitrogen and oxygen atoms in total. The molecular formula is C23H31NO7. The van der Waals surface area contributed by atoms with Crippen molar-refractivity contribution in [2.45, 2.75) is 32.5 Å². The summed E-state index contributed by atoms with van der Waals surface area (Å²) in [7, 11) is 6.23. The van der Waals surface area contributed by atoms with Crippen molar-refractivity contribution in [3.63, 3.8) is 0 Å². The van der Waals surface area contributed by atoms with E-state index >= 15 is 0 Å². The van der Waals surface area contributed by atoms with Crippen molar-refractivity contribution in [2.24, 2.45) is 17.8 Å². The summed E-state index contributed by atoms with van der Waals surface area (Å²) in [5, 5.41) is 0. The van der Waals surface area contributed by atoms with Gasteiger partial charge in [-0.3, -0.25) is 0 Å². The number of likely N-dealkylation sites (N-methyl/N-ethyl adjacent to an activating group) is 1. The van der Waals surface area contributed by atoms with Crippen LogP contribution in [0.5, 0.6) is 11.5 Å². The van der Waals surface area contributed by atoms with E-state index in [-0.39, 0.29) is 23.7 Å². The van der Waals surface area contributed by atoms with Gasteiger partial charge in [0.05, 0.1) is 33.2 Å². The van der Waals surface area contributed by atoms with Crippen LogP contribution in [0, 0.1) is 17.8 Å². The Balaban J connectivity index is 1.60. The zero-order chi connectivity index (χ0) is 22.5. The zero-order valence-corrected chi connectivity index (χ0v) is 18.8. The first kappa shape index (κ1) is 22.8. The number of hydrogen-bond donors (Lipinski definition) is 0. The normalized spacial score (nSPS) is 24.4. The number of rotatable bonds is 7. The topological polar surface area (TPSA) is 83.5 Å². The van der Waals surface area contributed by atoms with Crippen LogP contribution in [-0.4, -0.2) is 58.2 Å². The fourth-order valence-corrected chi connectivity index (χ4v) is 4.40. The second kappa shape index (κ2) is 9.94. The van der Waals surface area contributed by atoms with Gasteiger partial charge < -0.3 is 28.6 Å². The number of nitrogens with zero attached hydrogens (tertiary/aromatic N) is 1. The third-order valence-electron chi connectivity index (χ3n) is 6.23. The molecule has 3 rings (SSSR count). The van der Waals surface area contributed by atoms with Gasteiger partial charge in [0.1, 0.15) is 0 Å². The van der Waals surface area contributed by atoms with Gasteiger partial charge in [0.25, 0.3) is 0 Å². The Labute approximate surface area is 183 Å². The highest BCUT2D eigenvalue weighted by atomic mass is 16.7. The Morgan fingerprint density at radius 1 is 1.13 bits per heavy atom. The van der Waals surface area contributed by atoms with E-state index in [0.717, 1.165) is 18.4 Å². The van der Waals surface area contributed by atoms with Crippen LogP contribution in [0.1, 0.15) is 25.3 Å². The molecule has 31 heavy (non-hydrogen) atoms. The van der Waals surface area contributed by atoms with Crippen molar-refractivity contribution in [1.82, 2.24) is 4.90 Å². The number of methoxy groups -OCH3 is 3. The van der Waals surface area contributed by atoms with Crippen molar-refractivity contribution in [1.29, 1.82) is 0 Å². The lowest BCUT2D eigenvalue weighted by Gasteiger charge is -2.35. The minimum atomic E-state index is -0.716. The fourth-order valence-electron chi connectivity index (χ4n) is 4.40. The highest BCUT2D eigenvalue weighted by Gasteiger charge is 2.48. The van der Waals surface area contributed by atoms with Crippen LogP contribution in [0.15, 0.2) is 30.0 Å². The fraction of sp³-hybridized carbons (Fsp3) is 0.565. The predicted molar refractivity (Wildman–Crippen MR) is 113 cm³/mol. The van der Waals surface area contributed by atoms with Crippen molar-refractivity contribution in [3.8, 4) is 11.5 Å². The van der Waals surface area contributed by atoms with Crippen LogP contribution in [0.2, 0.25) is 0 Å². The highest BCUT2D eigenvalue weighted by molar-refractivity contribution is 5.89. The largest absolute Gasteiger partial charge is 0.493 e. The first-order valence-electron chi connectivity index (χ1n) is 10.5. The van der Waals surface area contributed by atoms with E-state index in [0.29, 0.717) is 30.0 Å². The number of fused-ring (bicyclic) bond motifs is 1. The van der Waals surface area contributed by atoms with Gasteiger partial charge >= 0.3 is 12.1 Å². The molecule has 0 spiro atoms. The molecule has 1 aliphatic carbocycles. The molecule has 170 valence electrons. The maximum absolute atomic E-state index is 12.7. The number of carbonyl (C=O) groups excluding carboxylic acids is 2. The number of ether oxygens (including phenoxy) is 5. The molecule has 1 fully saturated rings. The summed E-state index contributed by atoms with van der Waals surface area (Å²) in [4.78, 5) is 26.3. The molecule has 0 saturated heterocycles. The van der Waals surface area contributed by atoms with E-state index in [4.69, 9.17) is 23.7 Å². The SMILES string of the molecule is COC(=O)C1=COC(OC(=O)N(C)CCc2ccc(OC)c(OC)c2)C2C(C)CCC12. The highest BCUT2D eigenvalue weighted by Crippen LogP contribution is 2.46. The molecule has 4 atom stereocenters. The lowest BCUT2D eigenvalue weighted by atomic mass is 9.83. The summed E-state index contributed by atoms with van der Waals surface area (Å²) in [5.74, 6) is 1.10. The Morgan fingerprint density at radius 3 is 2.55 bits per heavy atom. The average Bonchev–Trinajstić information content (AvgIpc) is 3.18. The quantitative estimate of drug-likeness (QED) is 0.610. The van der Waals surface area contributed by atoms with E-state index in [1.807, 2.05) is 18.2 Å². The van der Waals surface area contributed by atoms with E-state index in [9.17, 15) is 9.59 Å². The molecule has 1 aromatic carbocycles. The van der Waals surface area contributed by atoms with Crippen molar-refractivity contribution < 1.29 is 33.3 Å². The Morgan fingerprint density at radius 2 is 1.87 bits per heavy atom. The second-order valence-electron chi connectivity index (χ2n) is 8.05. The monoisotopic (exact) mass is 433 g/mol. The van der Waals surface area contributed by atoms with Crippen molar-refractivity contribution in [3.05, 3.63) is 35.6 Å². The van der Waals surface area contributed by atoms with Gasteiger partial charge in [0.15, 0.2) is 11.5 Å². The number of amides is 1. The van der Waals surface area contributed by atoms with Crippen molar-refractivity contribution in [2.75, 3.05) is 34.9 Å². The molecule has 4 unspecified atom stereocenters. The number of carbonyl (C=O) groups is 2. The summed E-state index contributed by atoms with van der Waals surface area (Å²) in [6, 6.07) is 5.68. The summed E-state index contributed by atoms with van der Waals surface area (Å²) in [6.07, 6.45) is 2.64. The smallest absolute Gasteiger partial charge is 0.412 e. The maximum Gasteiger partial charge on any atom is 0.412 e. The molecule has 2 aliphatic rings. The van der Waals surface area contributed by atoms with E-state index < -0.39 is 12.4 Å². The van der Waals surface area contributed by atoms with E-state index in [1.54, 1.807) is 21.3 Å². The summed E-state index contributed by atoms with van der Waals surface area (Å²) in [5.41, 5.74) is 1.53. The van der Waals surface area contributed by atoms with E-state index in [1.165, 1.54) is 18.3 Å². The van der Waals surface area contributed by atoms with Gasteiger partial charge in [0, 0.05) is 25.4 Å². The molecule has 1 aromatic rings. The number of hydrogen-bond acceptors (Lipinski definition) is 7. The van der Waals surface area contributed by atoms with Crippen LogP contribution in [0.25, 0.3) is 0 Å². The Bertz CT molecular complexity index is 837. The zero-order valence-electron chi connectivity index (χ0n) is 18.8. The number of benzene rings is 1. The van der Waals surface area contributed by atoms with Crippen molar-refractivity contribution >= 4 is 12.1 Å². The van der Waals surface area contributed by atoms with Crippen LogP contribution in [0.4, 0.5) is 4.79 Å². The summed E-state index contributed by atoms with van der Waals surface area (Å²) in [6.45, 7) is 2.56. The maximum atomic E-state index is 12.7. The molecule has 1 amide bonds. The van der Waals surface area contributed by atoms with Crippen LogP contribution in [-0.2, 0) is 25.4 Å². The Hall–Kier alpha value is -2.90. The molecule has 1 heterocycles. The lowest BCUT2D eigenvalue weighted by molar-refractivity contribution is -0.146. The van der Waals surface area contributed by atoms with Gasteiger partial charge in [0.2, 0.25) is 6.29 Å². The summed E-state index contributed by atoms with van der Waals surface area (Å²) < 4.78 is 26.8. The van der Waals surface area contributed by atoms with E-state index in [2.05, 4.69) is 6.92 Å². The van der Waals surface area contributed by atoms with Gasteiger partial charge in [-0.05, 0) is 42.9 Å². The minimum absolute atomic E-state index is 0.0222. The third-order valence-corrected chi connectivity index (χ3v) is 6.23. The van der Waals surface area contributed by atoms with Gasteiger partial charge in [-0.1, -0.05) is 13.0 Å². The molecule has 1 aliphatic heterocycles. The number of esters is 1. The molecule has 0 bridgehead atoms. The molecule has 8 heteroatoms. The second-order valence-corrected chi connectivity index (χ2v) is 8.05. The molecule has 0 N–H and O–H groups in total. The molecular weight excluding hydrogens is 402 g/mol. The Kier molecular flexibility index (Phi) is 7.30.